The van der Waals surface area contributed by atoms with Gasteiger partial charge in [-0.1, -0.05) is 12.1 Å². The summed E-state index contributed by atoms with van der Waals surface area (Å²) in [5, 5.41) is 16.9. The van der Waals surface area contributed by atoms with E-state index >= 15 is 0 Å². The number of phenolic OH excluding ortho intramolecular Hbond substituents is 1. The number of aromatic hydroxyl groups is 1. The minimum absolute atomic E-state index is 0.0716. The second kappa shape index (κ2) is 8.70. The molecule has 0 spiro atoms. The van der Waals surface area contributed by atoms with Crippen molar-refractivity contribution in [3.63, 3.8) is 0 Å². The van der Waals surface area contributed by atoms with Crippen molar-refractivity contribution in [2.24, 2.45) is 4.99 Å². The number of rotatable bonds is 6. The van der Waals surface area contributed by atoms with E-state index in [0.29, 0.717) is 30.5 Å². The number of nitrogens with one attached hydrogen (secondary N) is 2. The van der Waals surface area contributed by atoms with Crippen molar-refractivity contribution in [1.82, 2.24) is 15.6 Å². The third-order valence-corrected chi connectivity index (χ3v) is 4.01. The molecule has 5 nitrogen and oxygen atoms in total. The predicted molar refractivity (Wildman–Crippen MR) is 91.7 cm³/mol. The Balaban J connectivity index is 1.90. The quantitative estimate of drug-likeness (QED) is 0.538. The molecule has 2 rings (SSSR count). The smallest absolute Gasteiger partial charge is 0.434 e. The summed E-state index contributed by atoms with van der Waals surface area (Å²) in [5.41, 5.74) is 0.0858. The van der Waals surface area contributed by atoms with E-state index in [1.807, 2.05) is 13.0 Å². The first-order valence-corrected chi connectivity index (χ1v) is 8.58. The van der Waals surface area contributed by atoms with Crippen molar-refractivity contribution < 1.29 is 18.3 Å². The molecule has 0 aliphatic rings. The molecule has 0 unspecified atom stereocenters. The highest BCUT2D eigenvalue weighted by atomic mass is 32.1. The number of alkyl halides is 3. The van der Waals surface area contributed by atoms with Crippen molar-refractivity contribution in [3.05, 3.63) is 45.9 Å². The zero-order valence-corrected chi connectivity index (χ0v) is 14.4. The van der Waals surface area contributed by atoms with Gasteiger partial charge in [0.25, 0.3) is 0 Å². The molecule has 0 saturated carbocycles. The van der Waals surface area contributed by atoms with Crippen LogP contribution >= 0.6 is 11.3 Å². The Hall–Kier alpha value is -2.29. The summed E-state index contributed by atoms with van der Waals surface area (Å²) in [4.78, 5) is 7.81. The molecule has 1 aromatic carbocycles. The van der Waals surface area contributed by atoms with Gasteiger partial charge in [-0.15, -0.1) is 11.3 Å². The Morgan fingerprint density at radius 2 is 2.12 bits per heavy atom. The largest absolute Gasteiger partial charge is 0.508 e. The second-order valence-electron chi connectivity index (χ2n) is 5.17. The van der Waals surface area contributed by atoms with E-state index in [0.717, 1.165) is 22.3 Å². The van der Waals surface area contributed by atoms with Gasteiger partial charge in [0.2, 0.25) is 0 Å². The fraction of sp³-hybridized carbons (Fsp3) is 0.375. The summed E-state index contributed by atoms with van der Waals surface area (Å²) in [6, 6.07) is 6.95. The summed E-state index contributed by atoms with van der Waals surface area (Å²) >= 11 is 0.937. The first-order chi connectivity index (χ1) is 11.9. The van der Waals surface area contributed by atoms with Crippen molar-refractivity contribution in [1.29, 1.82) is 0 Å². The Morgan fingerprint density at radius 3 is 2.76 bits per heavy atom. The molecule has 0 saturated heterocycles. The molecule has 2 aromatic rings. The zero-order chi connectivity index (χ0) is 18.3. The molecular formula is C16H19F3N4OS. The molecule has 1 heterocycles. The molecule has 0 aliphatic heterocycles. The Labute approximate surface area is 147 Å². The normalized spacial score (nSPS) is 12.2. The molecule has 0 bridgehead atoms. The highest BCUT2D eigenvalue weighted by molar-refractivity contribution is 7.09. The molecule has 1 aromatic heterocycles. The number of aromatic nitrogens is 1. The minimum atomic E-state index is -4.43. The molecule has 0 radical (unpaired) electrons. The summed E-state index contributed by atoms with van der Waals surface area (Å²) in [5.74, 6) is 0.716. The monoisotopic (exact) mass is 372 g/mol. The fourth-order valence-corrected chi connectivity index (χ4v) is 2.76. The topological polar surface area (TPSA) is 69.5 Å². The predicted octanol–water partition coefficient (Wildman–Crippen LogP) is 3.17. The minimum Gasteiger partial charge on any atom is -0.508 e. The Kier molecular flexibility index (Phi) is 6.63. The number of nitrogens with zero attached hydrogens (tertiary/aromatic N) is 2. The lowest BCUT2D eigenvalue weighted by Gasteiger charge is -2.11. The first kappa shape index (κ1) is 19.0. The van der Waals surface area contributed by atoms with Gasteiger partial charge < -0.3 is 15.7 Å². The van der Waals surface area contributed by atoms with E-state index in [-0.39, 0.29) is 12.3 Å². The molecule has 3 N–H and O–H groups in total. The Bertz CT molecular complexity index is 715. The van der Waals surface area contributed by atoms with Crippen molar-refractivity contribution in [3.8, 4) is 5.75 Å². The highest BCUT2D eigenvalue weighted by Crippen LogP contribution is 2.30. The maximum absolute atomic E-state index is 12.5. The van der Waals surface area contributed by atoms with Gasteiger partial charge in [-0.25, -0.2) is 9.98 Å². The van der Waals surface area contributed by atoms with Crippen LogP contribution in [0.2, 0.25) is 0 Å². The number of phenols is 1. The van der Waals surface area contributed by atoms with E-state index in [1.165, 1.54) is 0 Å². The lowest BCUT2D eigenvalue weighted by atomic mass is 10.1. The van der Waals surface area contributed by atoms with Crippen LogP contribution in [0.3, 0.4) is 0 Å². The lowest BCUT2D eigenvalue weighted by Crippen LogP contribution is -2.38. The zero-order valence-electron chi connectivity index (χ0n) is 13.6. The molecule has 0 amide bonds. The number of guanidine groups is 1. The van der Waals surface area contributed by atoms with E-state index < -0.39 is 11.9 Å². The molecular weight excluding hydrogens is 353 g/mol. The van der Waals surface area contributed by atoms with Crippen LogP contribution < -0.4 is 10.6 Å². The fourth-order valence-electron chi connectivity index (χ4n) is 2.04. The summed E-state index contributed by atoms with van der Waals surface area (Å²) in [6.07, 6.45) is -3.75. The van der Waals surface area contributed by atoms with Gasteiger partial charge >= 0.3 is 6.18 Å². The van der Waals surface area contributed by atoms with Crippen LogP contribution in [0.1, 0.15) is 23.2 Å². The maximum Gasteiger partial charge on any atom is 0.434 e. The summed E-state index contributed by atoms with van der Waals surface area (Å²) in [7, 11) is 0. The number of hydrogen-bond acceptors (Lipinski definition) is 4. The molecule has 136 valence electrons. The highest BCUT2D eigenvalue weighted by Gasteiger charge is 2.33. The van der Waals surface area contributed by atoms with Crippen LogP contribution in [-0.2, 0) is 19.1 Å². The van der Waals surface area contributed by atoms with Gasteiger partial charge in [0.1, 0.15) is 10.8 Å². The van der Waals surface area contributed by atoms with Crippen LogP contribution in [0.25, 0.3) is 0 Å². The van der Waals surface area contributed by atoms with Gasteiger partial charge in [-0.2, -0.15) is 13.2 Å². The lowest BCUT2D eigenvalue weighted by molar-refractivity contribution is -0.140. The third kappa shape index (κ3) is 6.26. The molecule has 9 heteroatoms. The average molecular weight is 372 g/mol. The van der Waals surface area contributed by atoms with Crippen molar-refractivity contribution in [2.45, 2.75) is 26.1 Å². The van der Waals surface area contributed by atoms with Gasteiger partial charge in [-0.3, -0.25) is 0 Å². The van der Waals surface area contributed by atoms with Gasteiger partial charge in [0.05, 0.1) is 6.54 Å². The van der Waals surface area contributed by atoms with Crippen LogP contribution in [0, 0.1) is 0 Å². The molecule has 25 heavy (non-hydrogen) atoms. The third-order valence-electron chi connectivity index (χ3n) is 3.18. The number of hydrogen-bond donors (Lipinski definition) is 3. The van der Waals surface area contributed by atoms with Crippen LogP contribution in [0.4, 0.5) is 13.2 Å². The summed E-state index contributed by atoms with van der Waals surface area (Å²) in [6.45, 7) is 3.17. The maximum atomic E-state index is 12.5. The number of benzene rings is 1. The average Bonchev–Trinajstić information content (AvgIpc) is 3.02. The van der Waals surface area contributed by atoms with Gasteiger partial charge in [-0.05, 0) is 31.0 Å². The number of aliphatic imine (C=N–C) groups is 1. The van der Waals surface area contributed by atoms with Crippen molar-refractivity contribution >= 4 is 17.3 Å². The van der Waals surface area contributed by atoms with Crippen molar-refractivity contribution in [2.75, 3.05) is 13.1 Å². The standard InChI is InChI=1S/C16H19F3N4OS/c1-2-20-15(21-7-6-11-4-3-5-12(24)8-11)22-9-14-23-13(10-25-14)16(17,18)19/h3-5,8,10,24H,2,6-7,9H2,1H3,(H2,20,21,22). The van der Waals surface area contributed by atoms with Crippen LogP contribution in [0.15, 0.2) is 34.6 Å². The molecule has 0 aliphatic carbocycles. The molecule has 0 atom stereocenters. The Morgan fingerprint density at radius 1 is 1.32 bits per heavy atom. The SMILES string of the molecule is CCNC(=NCc1nc(C(F)(F)F)cs1)NCCc1cccc(O)c1. The molecule has 0 fully saturated rings. The second-order valence-corrected chi connectivity index (χ2v) is 6.11. The van der Waals surface area contributed by atoms with E-state index in [9.17, 15) is 18.3 Å². The van der Waals surface area contributed by atoms with Gasteiger partial charge in [0.15, 0.2) is 11.7 Å². The van der Waals surface area contributed by atoms with E-state index in [1.54, 1.807) is 18.2 Å². The van der Waals surface area contributed by atoms with E-state index in [4.69, 9.17) is 0 Å². The summed E-state index contributed by atoms with van der Waals surface area (Å²) < 4.78 is 37.6. The number of halogens is 3. The van der Waals surface area contributed by atoms with Crippen LogP contribution in [-0.4, -0.2) is 29.1 Å². The van der Waals surface area contributed by atoms with E-state index in [2.05, 4.69) is 20.6 Å². The van der Waals surface area contributed by atoms with Crippen LogP contribution in [0.5, 0.6) is 5.75 Å². The first-order valence-electron chi connectivity index (χ1n) is 7.70. The number of thiazole rings is 1. The van der Waals surface area contributed by atoms with Gasteiger partial charge in [0, 0.05) is 18.5 Å².